The molecule has 3 nitrogen and oxygen atoms in total. The van der Waals surface area contributed by atoms with Gasteiger partial charge in [-0.3, -0.25) is 0 Å². The van der Waals surface area contributed by atoms with Gasteiger partial charge in [0.1, 0.15) is 0 Å². The van der Waals surface area contributed by atoms with E-state index in [1.165, 1.54) is 5.01 Å². The Hall–Kier alpha value is -0.450. The van der Waals surface area contributed by atoms with Crippen molar-refractivity contribution >= 4 is 11.3 Å². The number of nitrogens with zero attached hydrogens (tertiary/aromatic N) is 1. The summed E-state index contributed by atoms with van der Waals surface area (Å²) in [4.78, 5) is 4.59. The van der Waals surface area contributed by atoms with Crippen LogP contribution < -0.4 is 5.32 Å². The zero-order valence-electron chi connectivity index (χ0n) is 10.6. The molecule has 0 aromatic carbocycles. The van der Waals surface area contributed by atoms with Gasteiger partial charge in [0.15, 0.2) is 0 Å². The Morgan fingerprint density at radius 2 is 2.19 bits per heavy atom. The number of hydrogen-bond donors (Lipinski definition) is 1. The lowest BCUT2D eigenvalue weighted by atomic mass is 10.2. The summed E-state index contributed by atoms with van der Waals surface area (Å²) in [6.07, 6.45) is 1.04. The Balaban J connectivity index is 2.31. The molecule has 1 atom stereocenters. The third-order valence-electron chi connectivity index (χ3n) is 2.45. The van der Waals surface area contributed by atoms with E-state index in [9.17, 15) is 0 Å². The van der Waals surface area contributed by atoms with Crippen molar-refractivity contribution in [1.29, 1.82) is 0 Å². The molecule has 0 saturated heterocycles. The van der Waals surface area contributed by atoms with Gasteiger partial charge in [0, 0.05) is 37.6 Å². The number of hydrogen-bond acceptors (Lipinski definition) is 4. The molecule has 1 N–H and O–H groups in total. The molecule has 0 saturated carbocycles. The molecular formula is C12H22N2OS. The minimum Gasteiger partial charge on any atom is -0.385 e. The number of thiazole rings is 1. The van der Waals surface area contributed by atoms with Crippen LogP contribution in [0.1, 0.15) is 43.8 Å². The molecule has 0 aliphatic rings. The molecule has 92 valence electrons. The predicted octanol–water partition coefficient (Wildman–Crippen LogP) is 2.78. The van der Waals surface area contributed by atoms with Crippen LogP contribution in [0.2, 0.25) is 0 Å². The first-order valence-electron chi connectivity index (χ1n) is 5.80. The van der Waals surface area contributed by atoms with Crippen molar-refractivity contribution in [2.45, 2.75) is 45.7 Å². The molecule has 0 bridgehead atoms. The molecule has 0 spiro atoms. The van der Waals surface area contributed by atoms with Gasteiger partial charge in [-0.25, -0.2) is 4.98 Å². The van der Waals surface area contributed by atoms with E-state index in [0.717, 1.165) is 25.3 Å². The third kappa shape index (κ3) is 4.60. The minimum absolute atomic E-state index is 0.476. The van der Waals surface area contributed by atoms with Crippen LogP contribution in [0.15, 0.2) is 5.38 Å². The maximum Gasteiger partial charge on any atom is 0.0954 e. The fourth-order valence-corrected chi connectivity index (χ4v) is 2.18. The molecule has 0 aliphatic carbocycles. The van der Waals surface area contributed by atoms with Crippen molar-refractivity contribution in [1.82, 2.24) is 10.3 Å². The first-order chi connectivity index (χ1) is 7.63. The van der Waals surface area contributed by atoms with Crippen molar-refractivity contribution < 1.29 is 4.74 Å². The summed E-state index contributed by atoms with van der Waals surface area (Å²) >= 11 is 1.75. The van der Waals surface area contributed by atoms with E-state index in [4.69, 9.17) is 4.74 Å². The van der Waals surface area contributed by atoms with Gasteiger partial charge in [-0.05, 0) is 13.3 Å². The first kappa shape index (κ1) is 13.6. The Morgan fingerprint density at radius 1 is 1.44 bits per heavy atom. The quantitative estimate of drug-likeness (QED) is 0.798. The Labute approximate surface area is 102 Å². The van der Waals surface area contributed by atoms with E-state index in [-0.39, 0.29) is 0 Å². The fourth-order valence-electron chi connectivity index (χ4n) is 1.34. The van der Waals surface area contributed by atoms with Crippen molar-refractivity contribution in [3.8, 4) is 0 Å². The first-order valence-corrected chi connectivity index (χ1v) is 6.68. The van der Waals surface area contributed by atoms with Crippen LogP contribution >= 0.6 is 11.3 Å². The van der Waals surface area contributed by atoms with Crippen LogP contribution in [-0.4, -0.2) is 24.7 Å². The smallest absolute Gasteiger partial charge is 0.0954 e. The summed E-state index contributed by atoms with van der Waals surface area (Å²) < 4.78 is 5.05. The van der Waals surface area contributed by atoms with Crippen LogP contribution in [-0.2, 0) is 11.3 Å². The highest BCUT2D eigenvalue weighted by Gasteiger charge is 2.06. The van der Waals surface area contributed by atoms with Crippen LogP contribution in [0.4, 0.5) is 0 Å². The van der Waals surface area contributed by atoms with Gasteiger partial charge in [0.25, 0.3) is 0 Å². The number of nitrogens with one attached hydrogen (secondary N) is 1. The average Bonchev–Trinajstić information content (AvgIpc) is 2.72. The van der Waals surface area contributed by atoms with Crippen molar-refractivity contribution in [2.24, 2.45) is 0 Å². The highest BCUT2D eigenvalue weighted by molar-refractivity contribution is 7.09. The molecule has 1 aromatic rings. The molecular weight excluding hydrogens is 220 g/mol. The predicted molar refractivity (Wildman–Crippen MR) is 69.0 cm³/mol. The summed E-state index contributed by atoms with van der Waals surface area (Å²) in [6.45, 7) is 8.19. The number of methoxy groups -OCH3 is 1. The van der Waals surface area contributed by atoms with E-state index < -0.39 is 0 Å². The van der Waals surface area contributed by atoms with Crippen LogP contribution in [0, 0.1) is 0 Å². The zero-order valence-corrected chi connectivity index (χ0v) is 11.4. The lowest BCUT2D eigenvalue weighted by molar-refractivity contribution is 0.184. The summed E-state index contributed by atoms with van der Waals surface area (Å²) in [5.74, 6) is 0.532. The van der Waals surface area contributed by atoms with Gasteiger partial charge < -0.3 is 10.1 Å². The highest BCUT2D eigenvalue weighted by atomic mass is 32.1. The lowest BCUT2D eigenvalue weighted by Crippen LogP contribution is -2.26. The number of ether oxygens (including phenoxy) is 1. The summed E-state index contributed by atoms with van der Waals surface area (Å²) in [5, 5.41) is 6.82. The van der Waals surface area contributed by atoms with Gasteiger partial charge in [-0.2, -0.15) is 0 Å². The van der Waals surface area contributed by atoms with E-state index >= 15 is 0 Å². The maximum atomic E-state index is 5.05. The van der Waals surface area contributed by atoms with Crippen molar-refractivity contribution in [2.75, 3.05) is 13.7 Å². The second-order valence-corrected chi connectivity index (χ2v) is 5.28. The molecule has 0 radical (unpaired) electrons. The average molecular weight is 242 g/mol. The normalized spacial score (nSPS) is 13.3. The highest BCUT2D eigenvalue weighted by Crippen LogP contribution is 2.18. The van der Waals surface area contributed by atoms with Crippen molar-refractivity contribution in [3.05, 3.63) is 16.1 Å². The van der Waals surface area contributed by atoms with Crippen LogP contribution in [0.5, 0.6) is 0 Å². The fraction of sp³-hybridized carbons (Fsp3) is 0.750. The van der Waals surface area contributed by atoms with Gasteiger partial charge in [0.05, 0.1) is 10.7 Å². The summed E-state index contributed by atoms with van der Waals surface area (Å²) in [7, 11) is 1.74. The van der Waals surface area contributed by atoms with E-state index in [1.807, 2.05) is 0 Å². The van der Waals surface area contributed by atoms with E-state index in [0.29, 0.717) is 12.0 Å². The molecule has 1 heterocycles. The summed E-state index contributed by atoms with van der Waals surface area (Å²) in [5.41, 5.74) is 1.15. The topological polar surface area (TPSA) is 34.1 Å². The second-order valence-electron chi connectivity index (χ2n) is 4.40. The van der Waals surface area contributed by atoms with Gasteiger partial charge >= 0.3 is 0 Å². The summed E-state index contributed by atoms with van der Waals surface area (Å²) in [6, 6.07) is 0.476. The third-order valence-corrected chi connectivity index (χ3v) is 3.64. The van der Waals surface area contributed by atoms with Gasteiger partial charge in [-0.1, -0.05) is 13.8 Å². The largest absolute Gasteiger partial charge is 0.385 e. The second kappa shape index (κ2) is 6.99. The molecule has 0 amide bonds. The molecule has 0 aliphatic heterocycles. The Kier molecular flexibility index (Phi) is 5.95. The zero-order chi connectivity index (χ0) is 12.0. The lowest BCUT2D eigenvalue weighted by Gasteiger charge is -2.11. The Morgan fingerprint density at radius 3 is 2.75 bits per heavy atom. The maximum absolute atomic E-state index is 5.05. The SMILES string of the molecule is COCCC(C)NCc1csc(C(C)C)n1. The van der Waals surface area contributed by atoms with Crippen LogP contribution in [0.3, 0.4) is 0 Å². The van der Waals surface area contributed by atoms with Crippen molar-refractivity contribution in [3.63, 3.8) is 0 Å². The molecule has 4 heteroatoms. The standard InChI is InChI=1S/C12H22N2OS/c1-9(2)12-14-11(8-16-12)7-13-10(3)5-6-15-4/h8-10,13H,5-7H2,1-4H3. The Bertz CT molecular complexity index is 299. The number of aromatic nitrogens is 1. The van der Waals surface area contributed by atoms with Gasteiger partial charge in [-0.15, -0.1) is 11.3 Å². The molecule has 1 aromatic heterocycles. The van der Waals surface area contributed by atoms with E-state index in [1.54, 1.807) is 18.4 Å². The van der Waals surface area contributed by atoms with E-state index in [2.05, 4.69) is 36.5 Å². The molecule has 16 heavy (non-hydrogen) atoms. The minimum atomic E-state index is 0.476. The van der Waals surface area contributed by atoms with Crippen LogP contribution in [0.25, 0.3) is 0 Å². The monoisotopic (exact) mass is 242 g/mol. The molecule has 0 fully saturated rings. The molecule has 1 unspecified atom stereocenters. The number of rotatable bonds is 7. The molecule has 1 rings (SSSR count). The van der Waals surface area contributed by atoms with Gasteiger partial charge in [0.2, 0.25) is 0 Å².